The van der Waals surface area contributed by atoms with Crippen LogP contribution in [0, 0.1) is 29.6 Å². The molecule has 0 N–H and O–H groups in total. The number of unbranched alkanes of at least 4 members (excludes halogenated alkanes) is 4. The first-order valence-electron chi connectivity index (χ1n) is 14.5. The molecule has 3 aliphatic heterocycles. The van der Waals surface area contributed by atoms with Crippen molar-refractivity contribution < 1.29 is 28.5 Å². The second kappa shape index (κ2) is 11.6. The van der Waals surface area contributed by atoms with Crippen LogP contribution in [0.2, 0.25) is 0 Å². The first-order chi connectivity index (χ1) is 17.2. The van der Waals surface area contributed by atoms with E-state index in [4.69, 9.17) is 18.9 Å². The van der Waals surface area contributed by atoms with Crippen molar-refractivity contribution in [3.05, 3.63) is 11.6 Å². The number of esters is 2. The molecule has 4 aliphatic rings. The summed E-state index contributed by atoms with van der Waals surface area (Å²) in [6, 6.07) is 0. The van der Waals surface area contributed by atoms with Gasteiger partial charge in [0.15, 0.2) is 0 Å². The van der Waals surface area contributed by atoms with Crippen molar-refractivity contribution in [1.29, 1.82) is 0 Å². The molecule has 3 fully saturated rings. The van der Waals surface area contributed by atoms with E-state index in [9.17, 15) is 9.59 Å². The molecule has 10 atom stereocenters. The smallest absolute Gasteiger partial charge is 0.306 e. The zero-order valence-electron chi connectivity index (χ0n) is 23.3. The summed E-state index contributed by atoms with van der Waals surface area (Å²) in [5, 5.41) is 0. The lowest BCUT2D eigenvalue weighted by atomic mass is 9.59. The van der Waals surface area contributed by atoms with Crippen molar-refractivity contribution in [2.75, 3.05) is 6.61 Å². The summed E-state index contributed by atoms with van der Waals surface area (Å²) < 4.78 is 25.8. The normalized spacial score (nSPS) is 43.3. The van der Waals surface area contributed by atoms with Crippen LogP contribution in [0.4, 0.5) is 0 Å². The average Bonchev–Trinajstić information content (AvgIpc) is 3.17. The minimum absolute atomic E-state index is 0.0341. The van der Waals surface area contributed by atoms with E-state index >= 15 is 0 Å². The van der Waals surface area contributed by atoms with Gasteiger partial charge in [0, 0.05) is 31.6 Å². The van der Waals surface area contributed by atoms with Crippen LogP contribution in [0.3, 0.4) is 0 Å². The van der Waals surface area contributed by atoms with Gasteiger partial charge in [0.1, 0.15) is 17.8 Å². The molecule has 0 aromatic rings. The second-order valence-corrected chi connectivity index (χ2v) is 12.3. The molecular weight excluding hydrogens is 456 g/mol. The van der Waals surface area contributed by atoms with E-state index in [0.717, 1.165) is 25.7 Å². The summed E-state index contributed by atoms with van der Waals surface area (Å²) in [5.74, 6) is 1.02. The van der Waals surface area contributed by atoms with Crippen LogP contribution in [0.25, 0.3) is 0 Å². The van der Waals surface area contributed by atoms with Crippen LogP contribution in [-0.2, 0) is 28.5 Å². The van der Waals surface area contributed by atoms with E-state index in [1.165, 1.54) is 31.8 Å². The Morgan fingerprint density at radius 3 is 2.56 bits per heavy atom. The van der Waals surface area contributed by atoms with Crippen molar-refractivity contribution in [2.24, 2.45) is 29.6 Å². The molecule has 2 saturated heterocycles. The third-order valence-electron chi connectivity index (χ3n) is 9.48. The summed E-state index contributed by atoms with van der Waals surface area (Å²) in [6.45, 7) is 13.0. The Morgan fingerprint density at radius 1 is 1.08 bits per heavy atom. The lowest BCUT2D eigenvalue weighted by Crippen LogP contribution is -2.57. The maximum Gasteiger partial charge on any atom is 0.306 e. The number of rotatable bonds is 8. The zero-order chi connectivity index (χ0) is 26.0. The Bertz CT molecular complexity index is 822. The Labute approximate surface area is 217 Å². The molecule has 2 bridgehead atoms. The fraction of sp³-hybridized carbons (Fsp3) is 0.867. The quantitative estimate of drug-likeness (QED) is 0.229. The maximum atomic E-state index is 13.0. The molecule has 0 aromatic heterocycles. The molecule has 0 unspecified atom stereocenters. The molecule has 6 heteroatoms. The van der Waals surface area contributed by atoms with Gasteiger partial charge >= 0.3 is 11.9 Å². The Kier molecular flexibility index (Phi) is 8.87. The van der Waals surface area contributed by atoms with Crippen LogP contribution in [0.5, 0.6) is 0 Å². The van der Waals surface area contributed by atoms with Crippen LogP contribution >= 0.6 is 0 Å². The average molecular weight is 505 g/mol. The van der Waals surface area contributed by atoms with Gasteiger partial charge in [0.05, 0.1) is 18.8 Å². The van der Waals surface area contributed by atoms with Crippen LogP contribution in [-0.4, -0.2) is 48.6 Å². The number of hydrogen-bond acceptors (Lipinski definition) is 6. The van der Waals surface area contributed by atoms with Gasteiger partial charge in [0.25, 0.3) is 0 Å². The summed E-state index contributed by atoms with van der Waals surface area (Å²) in [5.41, 5.74) is 0.478. The zero-order valence-corrected chi connectivity index (χ0v) is 23.3. The van der Waals surface area contributed by atoms with Crippen LogP contribution in [0.15, 0.2) is 11.6 Å². The van der Waals surface area contributed by atoms with Gasteiger partial charge in [-0.15, -0.1) is 0 Å². The number of fused-ring (bicyclic) bond motifs is 2. The van der Waals surface area contributed by atoms with E-state index in [-0.39, 0.29) is 48.0 Å². The molecule has 0 aromatic carbocycles. The SMILES string of the molecule is CCCCCCCC(=O)O[C@H]1[C@@H]2[C@@H]3[C@@H](C[C@H]1C)[C@@H](C)CO[C@]1(C)[C@@H]3O[C@@H]2C/C(C)=C/C[C@H]1OC(C)=O. The largest absolute Gasteiger partial charge is 0.462 e. The van der Waals surface area contributed by atoms with Gasteiger partial charge in [-0.1, -0.05) is 58.1 Å². The Morgan fingerprint density at radius 2 is 1.83 bits per heavy atom. The number of ether oxygens (including phenoxy) is 4. The van der Waals surface area contributed by atoms with Crippen molar-refractivity contribution in [1.82, 2.24) is 0 Å². The van der Waals surface area contributed by atoms with Gasteiger partial charge in [0.2, 0.25) is 0 Å². The minimum Gasteiger partial charge on any atom is -0.462 e. The molecule has 4 rings (SSSR count). The number of carbonyl (C=O) groups is 2. The first kappa shape index (κ1) is 27.6. The minimum atomic E-state index is -0.748. The van der Waals surface area contributed by atoms with E-state index < -0.39 is 11.7 Å². The highest BCUT2D eigenvalue weighted by Gasteiger charge is 2.65. The first-order valence-corrected chi connectivity index (χ1v) is 14.5. The highest BCUT2D eigenvalue weighted by atomic mass is 16.6. The molecule has 1 saturated carbocycles. The van der Waals surface area contributed by atoms with E-state index in [1.807, 2.05) is 0 Å². The number of carbonyl (C=O) groups excluding carboxylic acids is 2. The topological polar surface area (TPSA) is 71.1 Å². The van der Waals surface area contributed by atoms with Gasteiger partial charge in [-0.2, -0.15) is 0 Å². The Balaban J connectivity index is 1.63. The van der Waals surface area contributed by atoms with E-state index in [1.54, 1.807) is 0 Å². The van der Waals surface area contributed by atoms with Crippen LogP contribution < -0.4 is 0 Å². The Hall–Kier alpha value is -1.40. The standard InChI is InChI=1S/C30H48O6/c1-7-8-9-10-11-12-25(32)36-28-19(3)16-22-20(4)17-33-30(6)24(34-21(5)31)14-13-18(2)15-23-27(28)26(22)29(30)35-23/h13,19-20,22-24,26-29H,7-12,14-17H2,1-6H3/b18-13+/t19-,20+,22+,23-,24-,26+,27+,28-,29-,30+/m1/s1. The van der Waals surface area contributed by atoms with Gasteiger partial charge in [-0.25, -0.2) is 0 Å². The summed E-state index contributed by atoms with van der Waals surface area (Å²) in [4.78, 5) is 25.1. The van der Waals surface area contributed by atoms with Crippen LogP contribution in [0.1, 0.15) is 99.3 Å². The predicted octanol–water partition coefficient (Wildman–Crippen LogP) is 6.01. The molecule has 3 heterocycles. The molecule has 6 nitrogen and oxygen atoms in total. The summed E-state index contributed by atoms with van der Waals surface area (Å²) in [7, 11) is 0. The predicted molar refractivity (Wildman–Crippen MR) is 138 cm³/mol. The number of hydrogen-bond donors (Lipinski definition) is 0. The molecular formula is C30H48O6. The highest BCUT2D eigenvalue weighted by molar-refractivity contribution is 5.69. The monoisotopic (exact) mass is 504 g/mol. The molecule has 1 aliphatic carbocycles. The summed E-state index contributed by atoms with van der Waals surface area (Å²) in [6.07, 6.45) is 9.87. The van der Waals surface area contributed by atoms with E-state index in [0.29, 0.717) is 31.3 Å². The summed E-state index contributed by atoms with van der Waals surface area (Å²) >= 11 is 0. The lowest BCUT2D eigenvalue weighted by Gasteiger charge is -2.47. The highest BCUT2D eigenvalue weighted by Crippen LogP contribution is 2.57. The third kappa shape index (κ3) is 5.55. The van der Waals surface area contributed by atoms with Gasteiger partial charge in [-0.3, -0.25) is 9.59 Å². The molecule has 0 spiro atoms. The molecule has 36 heavy (non-hydrogen) atoms. The lowest BCUT2D eigenvalue weighted by molar-refractivity contribution is -0.200. The van der Waals surface area contributed by atoms with Crippen molar-refractivity contribution in [3.8, 4) is 0 Å². The van der Waals surface area contributed by atoms with Gasteiger partial charge in [-0.05, 0) is 50.9 Å². The third-order valence-corrected chi connectivity index (χ3v) is 9.48. The van der Waals surface area contributed by atoms with Crippen molar-refractivity contribution in [2.45, 2.75) is 129 Å². The second-order valence-electron chi connectivity index (χ2n) is 12.3. The fourth-order valence-corrected chi connectivity index (χ4v) is 7.55. The van der Waals surface area contributed by atoms with E-state index in [2.05, 4.69) is 40.7 Å². The van der Waals surface area contributed by atoms with Crippen molar-refractivity contribution in [3.63, 3.8) is 0 Å². The maximum absolute atomic E-state index is 13.0. The molecule has 0 radical (unpaired) electrons. The van der Waals surface area contributed by atoms with Gasteiger partial charge < -0.3 is 18.9 Å². The molecule has 204 valence electrons. The van der Waals surface area contributed by atoms with Crippen molar-refractivity contribution >= 4 is 11.9 Å². The fourth-order valence-electron chi connectivity index (χ4n) is 7.55. The molecule has 0 amide bonds.